The van der Waals surface area contributed by atoms with Crippen LogP contribution in [0, 0.1) is 11.3 Å². The molecule has 2 aromatic carbocycles. The molecule has 0 aliphatic heterocycles. The summed E-state index contributed by atoms with van der Waals surface area (Å²) in [5.74, 6) is -0.195. The van der Waals surface area contributed by atoms with Crippen LogP contribution < -0.4 is 10.6 Å². The van der Waals surface area contributed by atoms with E-state index >= 15 is 0 Å². The van der Waals surface area contributed by atoms with E-state index < -0.39 is 36.2 Å². The lowest BCUT2D eigenvalue weighted by atomic mass is 9.53. The van der Waals surface area contributed by atoms with Gasteiger partial charge in [-0.1, -0.05) is 41.6 Å². The molecule has 3 N–H and O–H groups in total. The Morgan fingerprint density at radius 1 is 0.939 bits per heavy atom. The zero-order chi connectivity index (χ0) is 34.8. The molecule has 4 aromatic rings. The zero-order valence-corrected chi connectivity index (χ0v) is 27.3. The average Bonchev–Trinajstić information content (AvgIpc) is 3.74. The van der Waals surface area contributed by atoms with Crippen LogP contribution in [-0.2, 0) is 15.9 Å². The number of hydrogen-bond acceptors (Lipinski definition) is 9. The van der Waals surface area contributed by atoms with Gasteiger partial charge in [0.05, 0.1) is 0 Å². The Balaban J connectivity index is 1.13. The summed E-state index contributed by atoms with van der Waals surface area (Å²) in [6, 6.07) is 15.0. The third-order valence-corrected chi connectivity index (χ3v) is 11.0. The van der Waals surface area contributed by atoms with Crippen molar-refractivity contribution < 1.29 is 36.6 Å². The molecule has 260 valence electrons. The Kier molecular flexibility index (Phi) is 7.88. The van der Waals surface area contributed by atoms with Gasteiger partial charge in [-0.15, -0.1) is 0 Å². The first kappa shape index (κ1) is 33.2. The van der Waals surface area contributed by atoms with Crippen LogP contribution in [0.15, 0.2) is 57.7 Å². The second-order valence-electron chi connectivity index (χ2n) is 14.8. The van der Waals surface area contributed by atoms with Gasteiger partial charge in [-0.05, 0) is 110 Å². The van der Waals surface area contributed by atoms with Gasteiger partial charge in [-0.3, -0.25) is 4.79 Å². The second kappa shape index (κ2) is 11.6. The Morgan fingerprint density at radius 2 is 1.59 bits per heavy atom. The molecule has 4 aliphatic carbocycles. The zero-order valence-electron chi connectivity index (χ0n) is 27.3. The Morgan fingerprint density at radius 3 is 2.16 bits per heavy atom. The number of rotatable bonds is 9. The summed E-state index contributed by atoms with van der Waals surface area (Å²) in [7, 11) is 0. The van der Waals surface area contributed by atoms with E-state index in [0.717, 1.165) is 55.2 Å². The van der Waals surface area contributed by atoms with Crippen molar-refractivity contribution in [2.24, 2.45) is 11.3 Å². The summed E-state index contributed by atoms with van der Waals surface area (Å²) in [4.78, 5) is 20.2. The number of amides is 1. The van der Waals surface area contributed by atoms with Crippen LogP contribution in [0.25, 0.3) is 22.4 Å². The number of halogens is 4. The van der Waals surface area contributed by atoms with Crippen molar-refractivity contribution in [3.63, 3.8) is 0 Å². The van der Waals surface area contributed by atoms with E-state index in [1.165, 1.54) is 13.8 Å². The molecule has 1 amide bonds. The lowest BCUT2D eigenvalue weighted by Gasteiger charge is -2.53. The fourth-order valence-electron chi connectivity index (χ4n) is 7.87. The van der Waals surface area contributed by atoms with E-state index in [9.17, 15) is 27.5 Å². The van der Waals surface area contributed by atoms with Crippen LogP contribution >= 0.6 is 0 Å². The van der Waals surface area contributed by atoms with Crippen LogP contribution in [0.2, 0.25) is 0 Å². The predicted molar refractivity (Wildman–Crippen MR) is 171 cm³/mol. The molecule has 0 saturated heterocycles. The second-order valence-corrected chi connectivity index (χ2v) is 14.8. The molecule has 2 bridgehead atoms. The minimum atomic E-state index is -4.74. The Labute approximate surface area is 280 Å². The Hall–Kier alpha value is -4.33. The first-order valence-electron chi connectivity index (χ1n) is 16.5. The summed E-state index contributed by atoms with van der Waals surface area (Å²) in [5.41, 5.74) is 4.32. The molecule has 2 aromatic heterocycles. The number of hydrogen-bond donors (Lipinski definition) is 2. The van der Waals surface area contributed by atoms with Gasteiger partial charge < -0.3 is 20.3 Å². The van der Waals surface area contributed by atoms with Crippen LogP contribution in [0.3, 0.4) is 0 Å². The van der Waals surface area contributed by atoms with Gasteiger partial charge in [-0.2, -0.15) is 18.2 Å². The fourth-order valence-corrected chi connectivity index (χ4v) is 7.87. The van der Waals surface area contributed by atoms with E-state index in [2.05, 4.69) is 20.5 Å². The van der Waals surface area contributed by atoms with Gasteiger partial charge in [0.15, 0.2) is 28.6 Å². The minimum Gasteiger partial charge on any atom is -0.380 e. The van der Waals surface area contributed by atoms with Crippen molar-refractivity contribution in [3.8, 4) is 22.4 Å². The van der Waals surface area contributed by atoms with Crippen molar-refractivity contribution in [1.82, 2.24) is 20.5 Å². The van der Waals surface area contributed by atoms with Crippen molar-refractivity contribution in [3.05, 3.63) is 60.2 Å². The normalized spacial score (nSPS) is 26.8. The number of benzene rings is 2. The van der Waals surface area contributed by atoms with E-state index in [1.54, 1.807) is 4.90 Å². The van der Waals surface area contributed by atoms with Crippen LogP contribution in [-0.4, -0.2) is 49.8 Å². The number of nitrogen functional groups attached to an aromatic ring is 1. The number of nitrogens with zero attached hydrogens (tertiary/aromatic N) is 5. The van der Waals surface area contributed by atoms with E-state index in [1.807, 2.05) is 48.5 Å². The molecular weight excluding hydrogens is 644 g/mol. The van der Waals surface area contributed by atoms with Crippen molar-refractivity contribution in [2.75, 3.05) is 17.2 Å². The number of carbonyl (C=O) groups excluding carboxylic acids is 1. The van der Waals surface area contributed by atoms with Gasteiger partial charge in [-0.25, -0.2) is 9.02 Å². The molecule has 4 saturated carbocycles. The largest absolute Gasteiger partial charge is 0.417 e. The van der Waals surface area contributed by atoms with E-state index in [-0.39, 0.29) is 34.9 Å². The van der Waals surface area contributed by atoms with Gasteiger partial charge in [0.1, 0.15) is 0 Å². The molecular formula is C35H38F4N6O4. The minimum absolute atomic E-state index is 0.0433. The first-order chi connectivity index (χ1) is 23.1. The van der Waals surface area contributed by atoms with Crippen LogP contribution in [0.1, 0.15) is 83.3 Å². The molecule has 14 heteroatoms. The third-order valence-electron chi connectivity index (χ3n) is 11.0. The maximum absolute atomic E-state index is 14.5. The standard InChI is InChI=1S/C35H38F4N6O4/c1-31(2,36)30-41-29(44-48-30)33-13-10-32(11-14-33,12-15-33)20-45(26(46)16-21-18-34(47,19-21)35(37,38)39)25-5-3-4-24(17-25)22-6-8-23(9-7-22)27-28(40)43-49-42-27/h3-9,17,21,47H,10-16,18-20H2,1-2H3,(H2,40,43). The molecule has 10 nitrogen and oxygen atoms in total. The van der Waals surface area contributed by atoms with E-state index in [0.29, 0.717) is 23.8 Å². The van der Waals surface area contributed by atoms with Crippen molar-refractivity contribution >= 4 is 17.4 Å². The number of nitrogens with two attached hydrogens (primary N) is 1. The quantitative estimate of drug-likeness (QED) is 0.174. The number of carbonyl (C=O) groups is 1. The number of aromatic nitrogens is 4. The highest BCUT2D eigenvalue weighted by Gasteiger charge is 2.61. The monoisotopic (exact) mass is 682 g/mol. The lowest BCUT2D eigenvalue weighted by molar-refractivity contribution is -0.298. The van der Waals surface area contributed by atoms with Gasteiger partial charge in [0, 0.05) is 29.6 Å². The van der Waals surface area contributed by atoms with E-state index in [4.69, 9.17) is 14.9 Å². The molecule has 0 unspecified atom stereocenters. The van der Waals surface area contributed by atoms with Crippen molar-refractivity contribution in [2.45, 2.75) is 94.5 Å². The molecule has 8 rings (SSSR count). The molecule has 2 heterocycles. The summed E-state index contributed by atoms with van der Waals surface area (Å²) in [6.45, 7) is 3.16. The number of fused-ring (bicyclic) bond motifs is 3. The van der Waals surface area contributed by atoms with Gasteiger partial charge in [0.25, 0.3) is 5.89 Å². The summed E-state index contributed by atoms with van der Waals surface area (Å²) in [5, 5.41) is 21.7. The fraction of sp³-hybridized carbons (Fsp3) is 0.514. The smallest absolute Gasteiger partial charge is 0.380 e. The third kappa shape index (κ3) is 6.08. The number of alkyl halides is 4. The Bertz CT molecular complexity index is 1820. The summed E-state index contributed by atoms with van der Waals surface area (Å²) < 4.78 is 64.6. The number of anilines is 2. The molecule has 0 atom stereocenters. The molecule has 49 heavy (non-hydrogen) atoms. The SMILES string of the molecule is CC(C)(F)c1nc(C23CCC(CN(C(=O)CC4CC(O)(C(F)(F)F)C4)c4cccc(-c5ccc(-c6nonc6N)cc5)c4)(CC2)CC3)no1. The molecule has 4 fully saturated rings. The molecule has 0 radical (unpaired) electrons. The van der Waals surface area contributed by atoms with Gasteiger partial charge in [0.2, 0.25) is 5.91 Å². The topological polar surface area (TPSA) is 144 Å². The van der Waals surface area contributed by atoms with Gasteiger partial charge >= 0.3 is 6.18 Å². The highest BCUT2D eigenvalue weighted by molar-refractivity contribution is 5.94. The lowest BCUT2D eigenvalue weighted by Crippen LogP contribution is -2.56. The van der Waals surface area contributed by atoms with Crippen molar-refractivity contribution in [1.29, 1.82) is 0 Å². The highest BCUT2D eigenvalue weighted by Crippen LogP contribution is 2.58. The number of aliphatic hydroxyl groups is 1. The summed E-state index contributed by atoms with van der Waals surface area (Å²) in [6.07, 6.45) is -1.25. The maximum atomic E-state index is 14.5. The predicted octanol–water partition coefficient (Wildman–Crippen LogP) is 7.29. The van der Waals surface area contributed by atoms with Crippen LogP contribution in [0.4, 0.5) is 29.1 Å². The molecule has 0 spiro atoms. The molecule has 4 aliphatic rings. The van der Waals surface area contributed by atoms with Crippen LogP contribution in [0.5, 0.6) is 0 Å². The first-order valence-corrected chi connectivity index (χ1v) is 16.5. The average molecular weight is 683 g/mol. The maximum Gasteiger partial charge on any atom is 0.417 e. The summed E-state index contributed by atoms with van der Waals surface area (Å²) >= 11 is 0. The highest BCUT2D eigenvalue weighted by atomic mass is 19.4.